The van der Waals surface area contributed by atoms with Gasteiger partial charge in [-0.15, -0.1) is 0 Å². The van der Waals surface area contributed by atoms with E-state index in [1.54, 1.807) is 12.5 Å². The number of aryl methyl sites for hydroxylation is 3. The molecule has 1 amide bonds. The van der Waals surface area contributed by atoms with Crippen LogP contribution >= 0.6 is 0 Å². The molecule has 2 aromatic rings. The zero-order chi connectivity index (χ0) is 14.2. The van der Waals surface area contributed by atoms with E-state index in [1.165, 1.54) is 11.1 Å². The number of rotatable bonds is 7. The van der Waals surface area contributed by atoms with Crippen LogP contribution in [0.2, 0.25) is 0 Å². The number of carbonyl (C=O) groups excluding carboxylic acids is 1. The van der Waals surface area contributed by atoms with Crippen LogP contribution in [0.3, 0.4) is 0 Å². The molecule has 4 heteroatoms. The zero-order valence-corrected chi connectivity index (χ0v) is 11.8. The van der Waals surface area contributed by atoms with Crippen LogP contribution < -0.4 is 5.32 Å². The molecule has 0 atom stereocenters. The second-order valence-electron chi connectivity index (χ2n) is 4.91. The van der Waals surface area contributed by atoms with E-state index in [-0.39, 0.29) is 5.91 Å². The second kappa shape index (κ2) is 7.48. The number of carbonyl (C=O) groups is 1. The van der Waals surface area contributed by atoms with Gasteiger partial charge in [0, 0.05) is 18.5 Å². The molecule has 0 bridgehead atoms. The number of hydrogen-bond acceptors (Lipinski definition) is 3. The lowest BCUT2D eigenvalue weighted by Crippen LogP contribution is -2.25. The molecular formula is C16H20N2O2. The van der Waals surface area contributed by atoms with Crippen molar-refractivity contribution < 1.29 is 9.32 Å². The van der Waals surface area contributed by atoms with Crippen molar-refractivity contribution in [3.05, 3.63) is 53.4 Å². The van der Waals surface area contributed by atoms with Crippen molar-refractivity contribution >= 4 is 5.91 Å². The van der Waals surface area contributed by atoms with Gasteiger partial charge in [-0.1, -0.05) is 29.4 Å². The summed E-state index contributed by atoms with van der Waals surface area (Å²) < 4.78 is 4.75. The molecule has 20 heavy (non-hydrogen) atoms. The SMILES string of the molecule is Cc1ccccc1CCC(=O)NCCCc1cnoc1. The van der Waals surface area contributed by atoms with Crippen molar-refractivity contribution in [3.8, 4) is 0 Å². The highest BCUT2D eigenvalue weighted by Gasteiger charge is 2.03. The zero-order valence-electron chi connectivity index (χ0n) is 11.8. The van der Waals surface area contributed by atoms with Crippen molar-refractivity contribution in [2.45, 2.75) is 32.6 Å². The fourth-order valence-electron chi connectivity index (χ4n) is 2.10. The Kier molecular flexibility index (Phi) is 5.35. The highest BCUT2D eigenvalue weighted by molar-refractivity contribution is 5.76. The monoisotopic (exact) mass is 272 g/mol. The maximum Gasteiger partial charge on any atom is 0.220 e. The lowest BCUT2D eigenvalue weighted by Gasteiger charge is -2.06. The third-order valence-corrected chi connectivity index (χ3v) is 3.33. The Balaban J connectivity index is 1.62. The first kappa shape index (κ1) is 14.3. The number of benzene rings is 1. The van der Waals surface area contributed by atoms with E-state index < -0.39 is 0 Å². The standard InChI is InChI=1S/C16H20N2O2/c1-13-5-2-3-7-15(13)8-9-16(19)17-10-4-6-14-11-18-20-12-14/h2-3,5,7,11-12H,4,6,8-10H2,1H3,(H,17,19). The van der Waals surface area contributed by atoms with Crippen LogP contribution in [-0.4, -0.2) is 17.6 Å². The summed E-state index contributed by atoms with van der Waals surface area (Å²) in [6.45, 7) is 2.77. The molecular weight excluding hydrogens is 252 g/mol. The third kappa shape index (κ3) is 4.53. The number of hydrogen-bond donors (Lipinski definition) is 1. The lowest BCUT2D eigenvalue weighted by molar-refractivity contribution is -0.121. The minimum absolute atomic E-state index is 0.110. The molecule has 1 aromatic heterocycles. The Morgan fingerprint density at radius 3 is 2.90 bits per heavy atom. The van der Waals surface area contributed by atoms with Crippen molar-refractivity contribution in [3.63, 3.8) is 0 Å². The molecule has 106 valence electrons. The summed E-state index contributed by atoms with van der Waals surface area (Å²) in [7, 11) is 0. The highest BCUT2D eigenvalue weighted by Crippen LogP contribution is 2.09. The van der Waals surface area contributed by atoms with E-state index in [0.29, 0.717) is 13.0 Å². The average molecular weight is 272 g/mol. The van der Waals surface area contributed by atoms with E-state index in [9.17, 15) is 4.79 Å². The number of nitrogens with one attached hydrogen (secondary N) is 1. The minimum Gasteiger partial charge on any atom is -0.364 e. The van der Waals surface area contributed by atoms with Crippen LogP contribution in [0.25, 0.3) is 0 Å². The largest absolute Gasteiger partial charge is 0.364 e. The summed E-state index contributed by atoms with van der Waals surface area (Å²) in [5.74, 6) is 0.110. The van der Waals surface area contributed by atoms with E-state index in [1.807, 2.05) is 12.1 Å². The average Bonchev–Trinajstić information content (AvgIpc) is 2.96. The van der Waals surface area contributed by atoms with Gasteiger partial charge in [-0.2, -0.15) is 0 Å². The van der Waals surface area contributed by atoms with Crippen LogP contribution in [0.4, 0.5) is 0 Å². The molecule has 0 aliphatic carbocycles. The van der Waals surface area contributed by atoms with Gasteiger partial charge in [0.1, 0.15) is 6.26 Å². The second-order valence-corrected chi connectivity index (χ2v) is 4.91. The lowest BCUT2D eigenvalue weighted by atomic mass is 10.0. The molecule has 2 rings (SSSR count). The molecule has 0 unspecified atom stereocenters. The summed E-state index contributed by atoms with van der Waals surface area (Å²) in [5.41, 5.74) is 3.55. The van der Waals surface area contributed by atoms with E-state index >= 15 is 0 Å². The van der Waals surface area contributed by atoms with Crippen LogP contribution in [0.1, 0.15) is 29.5 Å². The molecule has 0 spiro atoms. The topological polar surface area (TPSA) is 55.1 Å². The summed E-state index contributed by atoms with van der Waals surface area (Å²) in [6.07, 6.45) is 6.46. The molecule has 1 heterocycles. The Bertz CT molecular complexity index is 535. The van der Waals surface area contributed by atoms with E-state index in [2.05, 4.69) is 29.5 Å². The summed E-state index contributed by atoms with van der Waals surface area (Å²) >= 11 is 0. The molecule has 0 saturated carbocycles. The van der Waals surface area contributed by atoms with Gasteiger partial charge < -0.3 is 9.84 Å². The smallest absolute Gasteiger partial charge is 0.220 e. The number of aromatic nitrogens is 1. The summed E-state index contributed by atoms with van der Waals surface area (Å²) in [5, 5.41) is 6.59. The fraction of sp³-hybridized carbons (Fsp3) is 0.375. The maximum absolute atomic E-state index is 11.7. The Hall–Kier alpha value is -2.10. The molecule has 4 nitrogen and oxygen atoms in total. The van der Waals surface area contributed by atoms with Crippen molar-refractivity contribution in [1.29, 1.82) is 0 Å². The third-order valence-electron chi connectivity index (χ3n) is 3.33. The fourth-order valence-corrected chi connectivity index (χ4v) is 2.10. The highest BCUT2D eigenvalue weighted by atomic mass is 16.5. The van der Waals surface area contributed by atoms with Gasteiger partial charge in [0.25, 0.3) is 0 Å². The van der Waals surface area contributed by atoms with Crippen LogP contribution in [0, 0.1) is 6.92 Å². The molecule has 1 N–H and O–H groups in total. The molecule has 0 radical (unpaired) electrons. The Morgan fingerprint density at radius 1 is 1.30 bits per heavy atom. The normalized spacial score (nSPS) is 10.4. The number of nitrogens with zero attached hydrogens (tertiary/aromatic N) is 1. The van der Waals surface area contributed by atoms with E-state index in [0.717, 1.165) is 24.8 Å². The van der Waals surface area contributed by atoms with Gasteiger partial charge in [-0.05, 0) is 37.3 Å². The van der Waals surface area contributed by atoms with Crippen molar-refractivity contribution in [1.82, 2.24) is 10.5 Å². The maximum atomic E-state index is 11.7. The van der Waals surface area contributed by atoms with Gasteiger partial charge in [0.05, 0.1) is 6.20 Å². The first-order valence-corrected chi connectivity index (χ1v) is 6.95. The summed E-state index contributed by atoms with van der Waals surface area (Å²) in [4.78, 5) is 11.7. The quantitative estimate of drug-likeness (QED) is 0.788. The molecule has 0 aliphatic heterocycles. The van der Waals surface area contributed by atoms with Gasteiger partial charge in [0.2, 0.25) is 5.91 Å². The summed E-state index contributed by atoms with van der Waals surface area (Å²) in [6, 6.07) is 8.18. The molecule has 0 aliphatic rings. The van der Waals surface area contributed by atoms with Crippen LogP contribution in [0.15, 0.2) is 41.2 Å². The Labute approximate surface area is 119 Å². The van der Waals surface area contributed by atoms with Crippen LogP contribution in [-0.2, 0) is 17.6 Å². The van der Waals surface area contributed by atoms with Crippen LogP contribution in [0.5, 0.6) is 0 Å². The molecule has 0 saturated heterocycles. The van der Waals surface area contributed by atoms with Gasteiger partial charge in [0.15, 0.2) is 0 Å². The first-order chi connectivity index (χ1) is 9.75. The number of amides is 1. The predicted molar refractivity (Wildman–Crippen MR) is 77.3 cm³/mol. The predicted octanol–water partition coefficient (Wildman–Crippen LogP) is 2.66. The Morgan fingerprint density at radius 2 is 2.15 bits per heavy atom. The molecule has 1 aromatic carbocycles. The van der Waals surface area contributed by atoms with E-state index in [4.69, 9.17) is 4.52 Å². The minimum atomic E-state index is 0.110. The van der Waals surface area contributed by atoms with Crippen molar-refractivity contribution in [2.75, 3.05) is 6.54 Å². The van der Waals surface area contributed by atoms with Gasteiger partial charge >= 0.3 is 0 Å². The van der Waals surface area contributed by atoms with Crippen molar-refractivity contribution in [2.24, 2.45) is 0 Å². The molecule has 0 fully saturated rings. The first-order valence-electron chi connectivity index (χ1n) is 6.95. The van der Waals surface area contributed by atoms with Gasteiger partial charge in [-0.25, -0.2) is 0 Å². The van der Waals surface area contributed by atoms with Gasteiger partial charge in [-0.3, -0.25) is 4.79 Å².